The van der Waals surface area contributed by atoms with Crippen LogP contribution >= 0.6 is 0 Å². The van der Waals surface area contributed by atoms with E-state index < -0.39 is 0 Å². The first-order valence-electron chi connectivity index (χ1n) is 9.42. The van der Waals surface area contributed by atoms with E-state index in [0.717, 1.165) is 18.5 Å². The zero-order chi connectivity index (χ0) is 20.5. The van der Waals surface area contributed by atoms with E-state index in [1.54, 1.807) is 45.3 Å². The number of amides is 2. The van der Waals surface area contributed by atoms with Crippen LogP contribution in [0, 0.1) is 6.92 Å². The summed E-state index contributed by atoms with van der Waals surface area (Å²) in [4.78, 5) is 31.4. The molecule has 2 heterocycles. The lowest BCUT2D eigenvalue weighted by molar-refractivity contribution is -0.116. The predicted octanol–water partition coefficient (Wildman–Crippen LogP) is 3.13. The second-order valence-electron chi connectivity index (χ2n) is 7.25. The molecule has 2 amide bonds. The van der Waals surface area contributed by atoms with Crippen molar-refractivity contribution < 1.29 is 18.8 Å². The predicted molar refractivity (Wildman–Crippen MR) is 107 cm³/mol. The summed E-state index contributed by atoms with van der Waals surface area (Å²) in [6, 6.07) is 8.81. The number of aromatic nitrogens is 2. The molecule has 2 aromatic heterocycles. The van der Waals surface area contributed by atoms with Crippen LogP contribution in [0.3, 0.4) is 0 Å². The van der Waals surface area contributed by atoms with Gasteiger partial charge in [-0.05, 0) is 50.1 Å². The molecule has 150 valence electrons. The third kappa shape index (κ3) is 3.91. The minimum Gasteiger partial charge on any atom is -0.497 e. The topological polar surface area (TPSA) is 97.6 Å². The standard InChI is InChI=1S/C21H22N4O4/c1-12-19-16(10-17(13-4-5-13)23-20(19)29-24-12)21(27)25(2)11-18(26)22-14-6-8-15(28-3)9-7-14/h6-10,13H,4-5,11H2,1-3H3,(H,22,26). The number of carbonyl (C=O) groups excluding carboxylic acids is 2. The Morgan fingerprint density at radius 1 is 1.28 bits per heavy atom. The maximum Gasteiger partial charge on any atom is 0.259 e. The van der Waals surface area contributed by atoms with Crippen LogP contribution in [0.5, 0.6) is 5.75 Å². The van der Waals surface area contributed by atoms with Crippen LogP contribution in [-0.4, -0.2) is 47.6 Å². The van der Waals surface area contributed by atoms with Crippen molar-refractivity contribution in [2.75, 3.05) is 26.0 Å². The normalized spacial score (nSPS) is 13.3. The van der Waals surface area contributed by atoms with Gasteiger partial charge in [0.2, 0.25) is 5.91 Å². The number of anilines is 1. The molecule has 0 bridgehead atoms. The molecule has 8 nitrogen and oxygen atoms in total. The maximum atomic E-state index is 13.1. The molecule has 29 heavy (non-hydrogen) atoms. The fraction of sp³-hybridized carbons (Fsp3) is 0.333. The Bertz CT molecular complexity index is 1070. The van der Waals surface area contributed by atoms with Gasteiger partial charge >= 0.3 is 0 Å². The highest BCUT2D eigenvalue weighted by molar-refractivity contribution is 6.07. The van der Waals surface area contributed by atoms with Crippen molar-refractivity contribution in [3.05, 3.63) is 47.3 Å². The molecule has 1 aliphatic carbocycles. The summed E-state index contributed by atoms with van der Waals surface area (Å²) in [5, 5.41) is 7.33. The minimum absolute atomic E-state index is 0.0855. The van der Waals surface area contributed by atoms with Crippen LogP contribution in [-0.2, 0) is 4.79 Å². The van der Waals surface area contributed by atoms with Crippen LogP contribution in [0.25, 0.3) is 11.1 Å². The zero-order valence-corrected chi connectivity index (χ0v) is 16.6. The first kappa shape index (κ1) is 18.9. The van der Waals surface area contributed by atoms with Crippen LogP contribution in [0.15, 0.2) is 34.9 Å². The summed E-state index contributed by atoms with van der Waals surface area (Å²) in [7, 11) is 3.18. The monoisotopic (exact) mass is 394 g/mol. The Morgan fingerprint density at radius 2 is 2.00 bits per heavy atom. The molecule has 0 atom stereocenters. The van der Waals surface area contributed by atoms with E-state index in [4.69, 9.17) is 9.26 Å². The van der Waals surface area contributed by atoms with E-state index in [-0.39, 0.29) is 18.4 Å². The van der Waals surface area contributed by atoms with E-state index in [0.29, 0.717) is 39.7 Å². The fourth-order valence-corrected chi connectivity index (χ4v) is 3.24. The van der Waals surface area contributed by atoms with Gasteiger partial charge in [0.05, 0.1) is 30.3 Å². The molecule has 3 aromatic rings. The number of hydrogen-bond donors (Lipinski definition) is 1. The zero-order valence-electron chi connectivity index (χ0n) is 16.6. The maximum absolute atomic E-state index is 13.1. The van der Waals surface area contributed by atoms with Crippen molar-refractivity contribution in [1.82, 2.24) is 15.0 Å². The molecule has 0 unspecified atom stereocenters. The number of benzene rings is 1. The summed E-state index contributed by atoms with van der Waals surface area (Å²) in [6.07, 6.45) is 2.11. The number of fused-ring (bicyclic) bond motifs is 1. The molecule has 1 saturated carbocycles. The number of nitrogens with zero attached hydrogens (tertiary/aromatic N) is 3. The van der Waals surface area contributed by atoms with Crippen molar-refractivity contribution in [2.45, 2.75) is 25.7 Å². The largest absolute Gasteiger partial charge is 0.497 e. The second-order valence-corrected chi connectivity index (χ2v) is 7.25. The van der Waals surface area contributed by atoms with E-state index >= 15 is 0 Å². The number of likely N-dealkylation sites (N-methyl/N-ethyl adjacent to an activating group) is 1. The first-order chi connectivity index (χ1) is 14.0. The molecule has 1 aromatic carbocycles. The van der Waals surface area contributed by atoms with Crippen molar-refractivity contribution in [3.8, 4) is 5.75 Å². The number of methoxy groups -OCH3 is 1. The van der Waals surface area contributed by atoms with Gasteiger partial charge in [0.25, 0.3) is 11.6 Å². The quantitative estimate of drug-likeness (QED) is 0.690. The third-order valence-electron chi connectivity index (χ3n) is 4.96. The molecular formula is C21H22N4O4. The van der Waals surface area contributed by atoms with E-state index in [1.165, 1.54) is 4.90 Å². The summed E-state index contributed by atoms with van der Waals surface area (Å²) < 4.78 is 10.4. The fourth-order valence-electron chi connectivity index (χ4n) is 3.24. The molecule has 0 spiro atoms. The van der Waals surface area contributed by atoms with Crippen LogP contribution < -0.4 is 10.1 Å². The van der Waals surface area contributed by atoms with Crippen LogP contribution in [0.1, 0.15) is 40.5 Å². The summed E-state index contributed by atoms with van der Waals surface area (Å²) in [5.41, 5.74) is 2.91. The highest BCUT2D eigenvalue weighted by atomic mass is 16.5. The lowest BCUT2D eigenvalue weighted by Gasteiger charge is -2.18. The van der Waals surface area contributed by atoms with Gasteiger partial charge in [0, 0.05) is 24.3 Å². The Kier molecular flexibility index (Phi) is 4.92. The molecule has 4 rings (SSSR count). The molecule has 1 N–H and O–H groups in total. The van der Waals surface area contributed by atoms with Gasteiger partial charge in [0.15, 0.2) is 0 Å². The first-order valence-corrected chi connectivity index (χ1v) is 9.42. The number of carbonyl (C=O) groups is 2. The number of pyridine rings is 1. The van der Waals surface area contributed by atoms with Gasteiger partial charge in [0.1, 0.15) is 5.75 Å². The molecule has 8 heteroatoms. The van der Waals surface area contributed by atoms with Gasteiger partial charge in [-0.1, -0.05) is 5.16 Å². The number of aryl methyl sites for hydroxylation is 1. The molecule has 0 radical (unpaired) electrons. The van der Waals surface area contributed by atoms with Gasteiger partial charge in [-0.15, -0.1) is 0 Å². The Hall–Kier alpha value is -3.42. The van der Waals surface area contributed by atoms with Gasteiger partial charge in [-0.3, -0.25) is 9.59 Å². The van der Waals surface area contributed by atoms with Crippen LogP contribution in [0.4, 0.5) is 5.69 Å². The third-order valence-corrected chi connectivity index (χ3v) is 4.96. The number of nitrogens with one attached hydrogen (secondary N) is 1. The average molecular weight is 394 g/mol. The minimum atomic E-state index is -0.291. The second kappa shape index (κ2) is 7.54. The lowest BCUT2D eigenvalue weighted by atomic mass is 10.1. The summed E-state index contributed by atoms with van der Waals surface area (Å²) in [6.45, 7) is 1.69. The number of ether oxygens (including phenoxy) is 1. The lowest BCUT2D eigenvalue weighted by Crippen LogP contribution is -2.35. The molecule has 1 aliphatic rings. The van der Waals surface area contributed by atoms with Gasteiger partial charge in [-0.2, -0.15) is 0 Å². The SMILES string of the molecule is COc1ccc(NC(=O)CN(C)C(=O)c2cc(C3CC3)nc3onc(C)c23)cc1. The van der Waals surface area contributed by atoms with Gasteiger partial charge < -0.3 is 19.5 Å². The molecule has 0 aliphatic heterocycles. The Balaban J connectivity index is 1.51. The smallest absolute Gasteiger partial charge is 0.259 e. The number of hydrogen-bond acceptors (Lipinski definition) is 6. The van der Waals surface area contributed by atoms with Crippen molar-refractivity contribution in [1.29, 1.82) is 0 Å². The van der Waals surface area contributed by atoms with Gasteiger partial charge in [-0.25, -0.2) is 4.98 Å². The highest BCUT2D eigenvalue weighted by Crippen LogP contribution is 2.40. The average Bonchev–Trinajstić information content (AvgIpc) is 3.50. The van der Waals surface area contributed by atoms with Crippen molar-refractivity contribution in [2.24, 2.45) is 0 Å². The Labute approximate surface area is 167 Å². The van der Waals surface area contributed by atoms with E-state index in [2.05, 4.69) is 15.5 Å². The Morgan fingerprint density at radius 3 is 2.66 bits per heavy atom. The summed E-state index contributed by atoms with van der Waals surface area (Å²) >= 11 is 0. The van der Waals surface area contributed by atoms with E-state index in [1.807, 2.05) is 6.07 Å². The molecule has 1 fully saturated rings. The molecular weight excluding hydrogens is 372 g/mol. The number of rotatable bonds is 6. The van der Waals surface area contributed by atoms with Crippen molar-refractivity contribution in [3.63, 3.8) is 0 Å². The summed E-state index contributed by atoms with van der Waals surface area (Å²) in [5.74, 6) is 0.504. The van der Waals surface area contributed by atoms with Crippen molar-refractivity contribution >= 4 is 28.6 Å². The van der Waals surface area contributed by atoms with E-state index in [9.17, 15) is 9.59 Å². The highest BCUT2D eigenvalue weighted by Gasteiger charge is 2.29. The van der Waals surface area contributed by atoms with Crippen LogP contribution in [0.2, 0.25) is 0 Å². The molecule has 0 saturated heterocycles.